The van der Waals surface area contributed by atoms with E-state index >= 15 is 0 Å². The Bertz CT molecular complexity index is 973. The number of fused-ring (bicyclic) bond motifs is 1. The molecule has 8 heteroatoms. The summed E-state index contributed by atoms with van der Waals surface area (Å²) in [5.41, 5.74) is -0.138. The smallest absolute Gasteiger partial charge is 0.336 e. The first kappa shape index (κ1) is 13.8. The summed E-state index contributed by atoms with van der Waals surface area (Å²) in [5, 5.41) is 0.847. The van der Waals surface area contributed by atoms with Gasteiger partial charge < -0.3 is 4.42 Å². The molecule has 1 aromatic carbocycles. The number of aryl methyl sites for hydroxylation is 1. The molecule has 1 N–H and O–H groups in total. The zero-order chi connectivity index (χ0) is 15.0. The van der Waals surface area contributed by atoms with Crippen molar-refractivity contribution in [1.29, 1.82) is 0 Å². The Kier molecular flexibility index (Phi) is 3.26. The van der Waals surface area contributed by atoms with Gasteiger partial charge in [0.1, 0.15) is 5.58 Å². The number of hydrogen-bond donors (Lipinski definition) is 1. The number of nitrogens with one attached hydrogen (secondary N) is 1. The van der Waals surface area contributed by atoms with Crippen LogP contribution in [0.2, 0.25) is 0 Å². The first-order valence-corrected chi connectivity index (χ1v) is 8.23. The van der Waals surface area contributed by atoms with E-state index in [1.165, 1.54) is 41.7 Å². The van der Waals surface area contributed by atoms with Gasteiger partial charge in [0, 0.05) is 22.5 Å². The van der Waals surface area contributed by atoms with Crippen LogP contribution in [-0.2, 0) is 10.0 Å². The Morgan fingerprint density at radius 1 is 1.24 bits per heavy atom. The maximum atomic E-state index is 12.3. The van der Waals surface area contributed by atoms with Crippen molar-refractivity contribution in [2.24, 2.45) is 0 Å². The lowest BCUT2D eigenvalue weighted by molar-refractivity contribution is 0.560. The van der Waals surface area contributed by atoms with E-state index in [9.17, 15) is 13.2 Å². The molecule has 0 saturated carbocycles. The topological polar surface area (TPSA) is 89.3 Å². The third-order valence-corrected chi connectivity index (χ3v) is 5.04. The molecule has 0 aliphatic heterocycles. The molecule has 6 nitrogen and oxygen atoms in total. The predicted octanol–water partition coefficient (Wildman–Crippen LogP) is 2.36. The molecule has 0 aliphatic carbocycles. The minimum atomic E-state index is -3.72. The molecule has 0 amide bonds. The van der Waals surface area contributed by atoms with Crippen LogP contribution in [0.5, 0.6) is 0 Å². The summed E-state index contributed by atoms with van der Waals surface area (Å²) in [4.78, 5) is 16.1. The predicted molar refractivity (Wildman–Crippen MR) is 80.1 cm³/mol. The highest BCUT2D eigenvalue weighted by atomic mass is 32.2. The zero-order valence-corrected chi connectivity index (χ0v) is 12.5. The van der Waals surface area contributed by atoms with Crippen LogP contribution in [0, 0.1) is 6.92 Å². The maximum absolute atomic E-state index is 12.3. The van der Waals surface area contributed by atoms with Crippen molar-refractivity contribution >= 4 is 37.5 Å². The lowest BCUT2D eigenvalue weighted by Gasteiger charge is -2.05. The summed E-state index contributed by atoms with van der Waals surface area (Å²) in [5.74, 6) is 0. The van der Waals surface area contributed by atoms with E-state index in [-0.39, 0.29) is 4.90 Å². The minimum absolute atomic E-state index is 0.0803. The second-order valence-electron chi connectivity index (χ2n) is 4.34. The van der Waals surface area contributed by atoms with Gasteiger partial charge in [-0.2, -0.15) is 0 Å². The van der Waals surface area contributed by atoms with Gasteiger partial charge in [-0.3, -0.25) is 4.72 Å². The third kappa shape index (κ3) is 2.81. The van der Waals surface area contributed by atoms with Gasteiger partial charge in [0.15, 0.2) is 5.13 Å². The van der Waals surface area contributed by atoms with E-state index in [1.54, 1.807) is 6.20 Å². The van der Waals surface area contributed by atoms with Crippen LogP contribution in [0.15, 0.2) is 50.6 Å². The summed E-state index contributed by atoms with van der Waals surface area (Å²) in [6.45, 7) is 1.84. The Labute approximate surface area is 124 Å². The summed E-state index contributed by atoms with van der Waals surface area (Å²) in [7, 11) is -3.72. The highest BCUT2D eigenvalue weighted by Gasteiger charge is 2.16. The lowest BCUT2D eigenvalue weighted by atomic mass is 10.2. The molecular formula is C13H10N2O4S2. The van der Waals surface area contributed by atoms with Crippen molar-refractivity contribution in [3.05, 3.63) is 51.8 Å². The number of nitrogens with zero attached hydrogens (tertiary/aromatic N) is 1. The first-order chi connectivity index (χ1) is 9.94. The first-order valence-electron chi connectivity index (χ1n) is 5.93. The largest absolute Gasteiger partial charge is 0.423 e. The van der Waals surface area contributed by atoms with Crippen LogP contribution in [0.3, 0.4) is 0 Å². The molecule has 0 radical (unpaired) electrons. The van der Waals surface area contributed by atoms with E-state index < -0.39 is 15.6 Å². The van der Waals surface area contributed by atoms with Crippen LogP contribution >= 0.6 is 11.3 Å². The van der Waals surface area contributed by atoms with Crippen LogP contribution < -0.4 is 10.3 Å². The quantitative estimate of drug-likeness (QED) is 0.748. The minimum Gasteiger partial charge on any atom is -0.423 e. The highest BCUT2D eigenvalue weighted by Crippen LogP contribution is 2.23. The van der Waals surface area contributed by atoms with E-state index in [0.29, 0.717) is 16.1 Å². The number of benzene rings is 1. The molecule has 0 atom stereocenters. The Hall–Kier alpha value is -2.19. The standard InChI is InChI=1S/C13H10N2O4S2/c1-8-7-14-13(20-8)15-21(17,18)10-3-4-11-9(6-10)2-5-12(16)19-11/h2-7H,1H3,(H,14,15). The molecule has 0 bridgehead atoms. The van der Waals surface area contributed by atoms with Gasteiger partial charge in [-0.1, -0.05) is 0 Å². The Morgan fingerprint density at radius 2 is 2.05 bits per heavy atom. The molecule has 0 spiro atoms. The van der Waals surface area contributed by atoms with Crippen molar-refractivity contribution in [2.75, 3.05) is 4.72 Å². The van der Waals surface area contributed by atoms with Gasteiger partial charge in [-0.05, 0) is 31.2 Å². The summed E-state index contributed by atoms with van der Waals surface area (Å²) in [6.07, 6.45) is 1.59. The monoisotopic (exact) mass is 322 g/mol. The summed E-state index contributed by atoms with van der Waals surface area (Å²) >= 11 is 1.25. The normalized spacial score (nSPS) is 11.7. The molecule has 0 saturated heterocycles. The zero-order valence-electron chi connectivity index (χ0n) is 10.9. The van der Waals surface area contributed by atoms with Gasteiger partial charge in [0.2, 0.25) is 0 Å². The number of aromatic nitrogens is 1. The number of thiazole rings is 1. The molecule has 3 rings (SSSR count). The average molecular weight is 322 g/mol. The van der Waals surface area contributed by atoms with Crippen molar-refractivity contribution in [2.45, 2.75) is 11.8 Å². The van der Waals surface area contributed by atoms with Crippen LogP contribution in [0.1, 0.15) is 4.88 Å². The second-order valence-corrected chi connectivity index (χ2v) is 7.25. The van der Waals surface area contributed by atoms with Gasteiger partial charge in [-0.15, -0.1) is 11.3 Å². The van der Waals surface area contributed by atoms with E-state index in [4.69, 9.17) is 4.42 Å². The fourth-order valence-electron chi connectivity index (χ4n) is 1.79. The number of rotatable bonds is 3. The molecular weight excluding hydrogens is 312 g/mol. The molecule has 0 fully saturated rings. The molecule has 2 aromatic heterocycles. The lowest BCUT2D eigenvalue weighted by Crippen LogP contribution is -2.12. The summed E-state index contributed by atoms with van der Waals surface area (Å²) < 4.78 is 32.0. The SMILES string of the molecule is Cc1cnc(NS(=O)(=O)c2ccc3oc(=O)ccc3c2)s1. The second kappa shape index (κ2) is 4.97. The van der Waals surface area contributed by atoms with Crippen molar-refractivity contribution in [3.8, 4) is 0 Å². The fraction of sp³-hybridized carbons (Fsp3) is 0.0769. The van der Waals surface area contributed by atoms with E-state index in [0.717, 1.165) is 4.88 Å². The Balaban J connectivity index is 2.02. The Morgan fingerprint density at radius 3 is 2.76 bits per heavy atom. The van der Waals surface area contributed by atoms with Gasteiger partial charge in [-0.25, -0.2) is 18.2 Å². The van der Waals surface area contributed by atoms with Gasteiger partial charge in [0.05, 0.1) is 4.90 Å². The number of anilines is 1. The fourth-order valence-corrected chi connectivity index (χ4v) is 3.73. The van der Waals surface area contributed by atoms with Crippen LogP contribution in [0.25, 0.3) is 11.0 Å². The van der Waals surface area contributed by atoms with E-state index in [2.05, 4.69) is 9.71 Å². The van der Waals surface area contributed by atoms with Crippen LogP contribution in [-0.4, -0.2) is 13.4 Å². The van der Waals surface area contributed by atoms with Crippen molar-refractivity contribution < 1.29 is 12.8 Å². The number of hydrogen-bond acceptors (Lipinski definition) is 6. The molecule has 0 aliphatic rings. The molecule has 3 aromatic rings. The maximum Gasteiger partial charge on any atom is 0.336 e. The van der Waals surface area contributed by atoms with Crippen molar-refractivity contribution in [3.63, 3.8) is 0 Å². The van der Waals surface area contributed by atoms with Crippen LogP contribution in [0.4, 0.5) is 5.13 Å². The highest BCUT2D eigenvalue weighted by molar-refractivity contribution is 7.93. The molecule has 2 heterocycles. The molecule has 0 unspecified atom stereocenters. The van der Waals surface area contributed by atoms with Crippen molar-refractivity contribution in [1.82, 2.24) is 4.98 Å². The molecule has 108 valence electrons. The van der Waals surface area contributed by atoms with Gasteiger partial charge >= 0.3 is 5.63 Å². The van der Waals surface area contributed by atoms with E-state index in [1.807, 2.05) is 6.92 Å². The third-order valence-electron chi connectivity index (χ3n) is 2.74. The summed E-state index contributed by atoms with van der Waals surface area (Å²) in [6, 6.07) is 7.05. The van der Waals surface area contributed by atoms with Gasteiger partial charge in [0.25, 0.3) is 10.0 Å². The number of sulfonamides is 1. The molecule has 21 heavy (non-hydrogen) atoms. The average Bonchev–Trinajstić information content (AvgIpc) is 2.82.